The number of benzene rings is 2. The third-order valence-corrected chi connectivity index (χ3v) is 4.15. The van der Waals surface area contributed by atoms with E-state index >= 15 is 0 Å². The van der Waals surface area contributed by atoms with Gasteiger partial charge in [-0.15, -0.1) is 0 Å². The van der Waals surface area contributed by atoms with Gasteiger partial charge in [-0.25, -0.2) is 0 Å². The molecule has 1 atom stereocenters. The van der Waals surface area contributed by atoms with Crippen molar-refractivity contribution in [1.29, 1.82) is 0 Å². The molecular weight excluding hydrogens is 326 g/mol. The van der Waals surface area contributed by atoms with Crippen molar-refractivity contribution >= 4 is 15.9 Å². The summed E-state index contributed by atoms with van der Waals surface area (Å²) in [6.45, 7) is 9.37. The molecule has 0 saturated heterocycles. The number of ether oxygens (including phenoxy) is 1. The molecule has 2 rings (SSSR count). The molecule has 0 heterocycles. The quantitative estimate of drug-likeness (QED) is 0.767. The van der Waals surface area contributed by atoms with Crippen LogP contribution in [-0.4, -0.2) is 6.54 Å². The standard InChI is InChI=1S/C18H22BrNO/c1-5-20-14(4)15-8-9-17(16(19)11-15)21-18-10-12(2)6-7-13(18)3/h6-11,14,20H,5H2,1-4H3. The number of halogens is 1. The van der Waals surface area contributed by atoms with Crippen molar-refractivity contribution in [1.82, 2.24) is 5.32 Å². The molecule has 0 aromatic heterocycles. The highest BCUT2D eigenvalue weighted by Gasteiger charge is 2.09. The van der Waals surface area contributed by atoms with Crippen LogP contribution in [0.3, 0.4) is 0 Å². The highest BCUT2D eigenvalue weighted by atomic mass is 79.9. The van der Waals surface area contributed by atoms with Gasteiger partial charge in [0.15, 0.2) is 0 Å². The second-order valence-corrected chi connectivity index (χ2v) is 6.19. The van der Waals surface area contributed by atoms with Crippen molar-refractivity contribution in [2.75, 3.05) is 6.54 Å². The summed E-state index contributed by atoms with van der Waals surface area (Å²) in [5, 5.41) is 3.41. The molecule has 0 aliphatic carbocycles. The molecule has 1 N–H and O–H groups in total. The molecule has 2 aromatic rings. The van der Waals surface area contributed by atoms with Gasteiger partial charge in [0.05, 0.1) is 4.47 Å². The van der Waals surface area contributed by atoms with Crippen molar-refractivity contribution in [3.8, 4) is 11.5 Å². The Kier molecular flexibility index (Phi) is 5.43. The molecule has 21 heavy (non-hydrogen) atoms. The summed E-state index contributed by atoms with van der Waals surface area (Å²) in [7, 11) is 0. The van der Waals surface area contributed by atoms with Gasteiger partial charge in [-0.05, 0) is 78.1 Å². The van der Waals surface area contributed by atoms with E-state index in [0.717, 1.165) is 28.1 Å². The minimum atomic E-state index is 0.334. The van der Waals surface area contributed by atoms with Crippen LogP contribution in [-0.2, 0) is 0 Å². The summed E-state index contributed by atoms with van der Waals surface area (Å²) < 4.78 is 7.03. The van der Waals surface area contributed by atoms with Crippen LogP contribution in [0.1, 0.15) is 36.6 Å². The molecule has 0 radical (unpaired) electrons. The predicted octanol–water partition coefficient (Wildman–Crippen LogP) is 5.53. The Labute approximate surface area is 135 Å². The number of hydrogen-bond acceptors (Lipinski definition) is 2. The number of aryl methyl sites for hydroxylation is 2. The van der Waals surface area contributed by atoms with E-state index in [1.807, 2.05) is 6.07 Å². The molecule has 0 aliphatic rings. The van der Waals surface area contributed by atoms with E-state index in [1.54, 1.807) is 0 Å². The van der Waals surface area contributed by atoms with Gasteiger partial charge >= 0.3 is 0 Å². The average molecular weight is 348 g/mol. The van der Waals surface area contributed by atoms with Gasteiger partial charge in [0.2, 0.25) is 0 Å². The fraction of sp³-hybridized carbons (Fsp3) is 0.333. The molecule has 0 fully saturated rings. The molecule has 3 heteroatoms. The largest absolute Gasteiger partial charge is 0.456 e. The minimum Gasteiger partial charge on any atom is -0.456 e. The first-order valence-electron chi connectivity index (χ1n) is 7.29. The fourth-order valence-electron chi connectivity index (χ4n) is 2.23. The van der Waals surface area contributed by atoms with Crippen LogP contribution in [0.5, 0.6) is 11.5 Å². The van der Waals surface area contributed by atoms with Crippen LogP contribution >= 0.6 is 15.9 Å². The molecule has 112 valence electrons. The summed E-state index contributed by atoms with van der Waals surface area (Å²) in [5.74, 6) is 1.75. The molecule has 0 bridgehead atoms. The summed E-state index contributed by atoms with van der Waals surface area (Å²) in [4.78, 5) is 0. The first-order chi connectivity index (χ1) is 10.0. The summed E-state index contributed by atoms with van der Waals surface area (Å²) >= 11 is 3.61. The zero-order chi connectivity index (χ0) is 15.4. The molecule has 2 nitrogen and oxygen atoms in total. The summed E-state index contributed by atoms with van der Waals surface area (Å²) in [5.41, 5.74) is 3.58. The van der Waals surface area contributed by atoms with Gasteiger partial charge in [0.1, 0.15) is 11.5 Å². The van der Waals surface area contributed by atoms with Gasteiger partial charge < -0.3 is 10.1 Å². The Balaban J connectivity index is 2.23. The predicted molar refractivity (Wildman–Crippen MR) is 92.2 cm³/mol. The lowest BCUT2D eigenvalue weighted by Gasteiger charge is -2.15. The van der Waals surface area contributed by atoms with Crippen molar-refractivity contribution in [3.05, 3.63) is 57.6 Å². The highest BCUT2D eigenvalue weighted by Crippen LogP contribution is 2.33. The second kappa shape index (κ2) is 7.10. The first kappa shape index (κ1) is 16.1. The lowest BCUT2D eigenvalue weighted by Crippen LogP contribution is -2.17. The van der Waals surface area contributed by atoms with Crippen molar-refractivity contribution in [3.63, 3.8) is 0 Å². The molecule has 0 saturated carbocycles. The lowest BCUT2D eigenvalue weighted by atomic mass is 10.1. The van der Waals surface area contributed by atoms with Gasteiger partial charge in [0.25, 0.3) is 0 Å². The van der Waals surface area contributed by atoms with E-state index in [4.69, 9.17) is 4.74 Å². The highest BCUT2D eigenvalue weighted by molar-refractivity contribution is 9.10. The van der Waals surface area contributed by atoms with Crippen molar-refractivity contribution < 1.29 is 4.74 Å². The van der Waals surface area contributed by atoms with E-state index in [1.165, 1.54) is 11.1 Å². The van der Waals surface area contributed by atoms with Crippen molar-refractivity contribution in [2.45, 2.75) is 33.7 Å². The van der Waals surface area contributed by atoms with Crippen LogP contribution in [0.4, 0.5) is 0 Å². The molecule has 1 unspecified atom stereocenters. The smallest absolute Gasteiger partial charge is 0.141 e. The van der Waals surface area contributed by atoms with Crippen molar-refractivity contribution in [2.24, 2.45) is 0 Å². The Bertz CT molecular complexity index is 625. The lowest BCUT2D eigenvalue weighted by molar-refractivity contribution is 0.474. The van der Waals surface area contributed by atoms with Crippen LogP contribution in [0, 0.1) is 13.8 Å². The maximum Gasteiger partial charge on any atom is 0.141 e. The third-order valence-electron chi connectivity index (χ3n) is 3.53. The topological polar surface area (TPSA) is 21.3 Å². The average Bonchev–Trinajstić information content (AvgIpc) is 2.45. The van der Waals surface area contributed by atoms with Crippen LogP contribution < -0.4 is 10.1 Å². The molecule has 0 aliphatic heterocycles. The maximum atomic E-state index is 6.05. The van der Waals surface area contributed by atoms with Gasteiger partial charge in [-0.1, -0.05) is 25.1 Å². The number of hydrogen-bond donors (Lipinski definition) is 1. The third kappa shape index (κ3) is 4.08. The van der Waals surface area contributed by atoms with E-state index in [2.05, 4.69) is 79.3 Å². The summed E-state index contributed by atoms with van der Waals surface area (Å²) in [6.07, 6.45) is 0. The monoisotopic (exact) mass is 347 g/mol. The van der Waals surface area contributed by atoms with Crippen LogP contribution in [0.2, 0.25) is 0 Å². The molecule has 0 amide bonds. The molecule has 2 aromatic carbocycles. The zero-order valence-corrected chi connectivity index (χ0v) is 14.6. The zero-order valence-electron chi connectivity index (χ0n) is 13.0. The second-order valence-electron chi connectivity index (χ2n) is 5.34. The SMILES string of the molecule is CCNC(C)c1ccc(Oc2cc(C)ccc2C)c(Br)c1. The van der Waals surface area contributed by atoms with Crippen LogP contribution in [0.25, 0.3) is 0 Å². The normalized spacial score (nSPS) is 12.2. The number of nitrogens with one attached hydrogen (secondary N) is 1. The molecular formula is C18H22BrNO. The van der Waals surface area contributed by atoms with E-state index in [-0.39, 0.29) is 0 Å². The van der Waals surface area contributed by atoms with E-state index in [0.29, 0.717) is 6.04 Å². The molecule has 0 spiro atoms. The minimum absolute atomic E-state index is 0.334. The Morgan fingerprint density at radius 1 is 1.10 bits per heavy atom. The van der Waals surface area contributed by atoms with E-state index < -0.39 is 0 Å². The summed E-state index contributed by atoms with van der Waals surface area (Å²) in [6, 6.07) is 12.8. The maximum absolute atomic E-state index is 6.05. The van der Waals surface area contributed by atoms with E-state index in [9.17, 15) is 0 Å². The van der Waals surface area contributed by atoms with Gasteiger partial charge in [-0.3, -0.25) is 0 Å². The van der Waals surface area contributed by atoms with Crippen LogP contribution in [0.15, 0.2) is 40.9 Å². The Morgan fingerprint density at radius 2 is 1.86 bits per heavy atom. The number of rotatable bonds is 5. The fourth-order valence-corrected chi connectivity index (χ4v) is 2.71. The Hall–Kier alpha value is -1.32. The van der Waals surface area contributed by atoms with Gasteiger partial charge in [0, 0.05) is 6.04 Å². The first-order valence-corrected chi connectivity index (χ1v) is 8.08. The van der Waals surface area contributed by atoms with Gasteiger partial charge in [-0.2, -0.15) is 0 Å². The Morgan fingerprint density at radius 3 is 2.52 bits per heavy atom.